The third-order valence-corrected chi connectivity index (χ3v) is 3.77. The van der Waals surface area contributed by atoms with Crippen LogP contribution in [0.1, 0.15) is 32.0 Å². The molecule has 0 amide bonds. The number of nitrogens with one attached hydrogen (secondary N) is 1. The van der Waals surface area contributed by atoms with Gasteiger partial charge in [0.2, 0.25) is 0 Å². The van der Waals surface area contributed by atoms with Crippen LogP contribution in [0.15, 0.2) is 46.6 Å². The fraction of sp³-hybridized carbons (Fsp3) is 0.267. The van der Waals surface area contributed by atoms with Crippen molar-refractivity contribution in [2.75, 3.05) is 0 Å². The van der Waals surface area contributed by atoms with Crippen LogP contribution in [0.2, 0.25) is 0 Å². The van der Waals surface area contributed by atoms with Crippen LogP contribution in [-0.4, -0.2) is 15.8 Å². The van der Waals surface area contributed by atoms with Crippen LogP contribution in [0.4, 0.5) is 0 Å². The third kappa shape index (κ3) is 3.57. The van der Waals surface area contributed by atoms with Gasteiger partial charge < -0.3 is 5.73 Å². The van der Waals surface area contributed by atoms with Gasteiger partial charge in [0.25, 0.3) is 0 Å². The highest BCUT2D eigenvalue weighted by molar-refractivity contribution is 7.99. The SMILES string of the molecule is CC(C)(C)c1ccc(Sc2cnc(C(=N)N)cn2)cc1. The highest BCUT2D eigenvalue weighted by Crippen LogP contribution is 2.28. The molecule has 0 aliphatic rings. The van der Waals surface area contributed by atoms with E-state index >= 15 is 0 Å². The van der Waals surface area contributed by atoms with E-state index in [1.165, 1.54) is 11.8 Å². The first-order chi connectivity index (χ1) is 9.36. The number of amidine groups is 1. The lowest BCUT2D eigenvalue weighted by molar-refractivity contribution is 0.590. The molecule has 104 valence electrons. The molecule has 0 saturated carbocycles. The highest BCUT2D eigenvalue weighted by atomic mass is 32.2. The fourth-order valence-corrected chi connectivity index (χ4v) is 2.38. The van der Waals surface area contributed by atoms with Crippen molar-refractivity contribution in [2.24, 2.45) is 5.73 Å². The van der Waals surface area contributed by atoms with Crippen molar-refractivity contribution in [1.82, 2.24) is 9.97 Å². The minimum Gasteiger partial charge on any atom is -0.382 e. The second kappa shape index (κ2) is 5.63. The molecule has 0 spiro atoms. The molecule has 0 radical (unpaired) electrons. The summed E-state index contributed by atoms with van der Waals surface area (Å²) in [7, 11) is 0. The maximum absolute atomic E-state index is 7.28. The van der Waals surface area contributed by atoms with Crippen LogP contribution in [0, 0.1) is 5.41 Å². The summed E-state index contributed by atoms with van der Waals surface area (Å²) in [6.45, 7) is 6.59. The van der Waals surface area contributed by atoms with E-state index in [1.54, 1.807) is 18.0 Å². The Morgan fingerprint density at radius 3 is 2.20 bits per heavy atom. The number of rotatable bonds is 3. The average Bonchev–Trinajstić information content (AvgIpc) is 2.39. The van der Waals surface area contributed by atoms with E-state index in [-0.39, 0.29) is 11.3 Å². The maximum Gasteiger partial charge on any atom is 0.143 e. The zero-order valence-electron chi connectivity index (χ0n) is 11.8. The summed E-state index contributed by atoms with van der Waals surface area (Å²) in [5.41, 5.74) is 7.21. The van der Waals surface area contributed by atoms with E-state index in [1.807, 2.05) is 0 Å². The summed E-state index contributed by atoms with van der Waals surface area (Å²) in [6, 6.07) is 8.46. The van der Waals surface area contributed by atoms with Crippen molar-refractivity contribution in [3.63, 3.8) is 0 Å². The lowest BCUT2D eigenvalue weighted by Gasteiger charge is -2.18. The van der Waals surface area contributed by atoms with Gasteiger partial charge in [-0.05, 0) is 23.1 Å². The second-order valence-electron chi connectivity index (χ2n) is 5.53. The Labute approximate surface area is 123 Å². The molecule has 3 N–H and O–H groups in total. The van der Waals surface area contributed by atoms with E-state index in [2.05, 4.69) is 55.0 Å². The predicted octanol–water partition coefficient (Wildman–Crippen LogP) is 3.21. The zero-order chi connectivity index (χ0) is 14.8. The van der Waals surface area contributed by atoms with E-state index in [0.29, 0.717) is 5.69 Å². The number of benzene rings is 1. The number of nitrogens with two attached hydrogens (primary N) is 1. The van der Waals surface area contributed by atoms with Crippen molar-refractivity contribution < 1.29 is 0 Å². The molecule has 5 heteroatoms. The largest absolute Gasteiger partial charge is 0.382 e. The second-order valence-corrected chi connectivity index (χ2v) is 6.62. The van der Waals surface area contributed by atoms with Gasteiger partial charge in [0.15, 0.2) is 0 Å². The summed E-state index contributed by atoms with van der Waals surface area (Å²) in [6.07, 6.45) is 3.16. The van der Waals surface area contributed by atoms with Crippen LogP contribution < -0.4 is 5.73 Å². The van der Waals surface area contributed by atoms with Gasteiger partial charge in [0.1, 0.15) is 16.6 Å². The van der Waals surface area contributed by atoms with Crippen molar-refractivity contribution in [1.29, 1.82) is 5.41 Å². The Morgan fingerprint density at radius 2 is 1.75 bits per heavy atom. The number of nitrogen functional groups attached to an aromatic ring is 1. The Hall–Kier alpha value is -1.88. The first-order valence-corrected chi connectivity index (χ1v) is 7.13. The molecule has 1 aromatic heterocycles. The molecule has 20 heavy (non-hydrogen) atoms. The van der Waals surface area contributed by atoms with E-state index in [0.717, 1.165) is 9.92 Å². The molecular weight excluding hydrogens is 268 g/mol. The van der Waals surface area contributed by atoms with Gasteiger partial charge in [-0.15, -0.1) is 0 Å². The van der Waals surface area contributed by atoms with E-state index in [4.69, 9.17) is 11.1 Å². The molecule has 0 unspecified atom stereocenters. The first-order valence-electron chi connectivity index (χ1n) is 6.31. The number of hydrogen-bond acceptors (Lipinski definition) is 4. The highest BCUT2D eigenvalue weighted by Gasteiger charge is 2.13. The zero-order valence-corrected chi connectivity index (χ0v) is 12.7. The van der Waals surface area contributed by atoms with Crippen LogP contribution >= 0.6 is 11.8 Å². The van der Waals surface area contributed by atoms with Crippen LogP contribution in [0.5, 0.6) is 0 Å². The van der Waals surface area contributed by atoms with E-state index < -0.39 is 0 Å². The molecule has 0 atom stereocenters. The van der Waals surface area contributed by atoms with Gasteiger partial charge in [0.05, 0.1) is 12.4 Å². The lowest BCUT2D eigenvalue weighted by Crippen LogP contribution is -2.13. The normalized spacial score (nSPS) is 11.3. The molecule has 0 aliphatic carbocycles. The molecule has 0 fully saturated rings. The van der Waals surface area contributed by atoms with Gasteiger partial charge in [-0.3, -0.25) is 5.41 Å². The topological polar surface area (TPSA) is 75.7 Å². The summed E-state index contributed by atoms with van der Waals surface area (Å²) in [4.78, 5) is 9.46. The molecule has 2 aromatic rings. The molecule has 1 heterocycles. The standard InChI is InChI=1S/C15H18N4S/c1-15(2,3)10-4-6-11(7-5-10)20-13-9-18-12(8-19-13)14(16)17/h4-9H,1-3H3,(H3,16,17). The first kappa shape index (κ1) is 14.5. The monoisotopic (exact) mass is 286 g/mol. The quantitative estimate of drug-likeness (QED) is 0.671. The summed E-state index contributed by atoms with van der Waals surface area (Å²) in [5, 5.41) is 8.07. The molecule has 1 aromatic carbocycles. The van der Waals surface area contributed by atoms with Gasteiger partial charge in [0, 0.05) is 4.90 Å². The summed E-state index contributed by atoms with van der Waals surface area (Å²) >= 11 is 1.54. The fourth-order valence-electron chi connectivity index (χ4n) is 1.65. The van der Waals surface area contributed by atoms with Gasteiger partial charge in [-0.2, -0.15) is 0 Å². The van der Waals surface area contributed by atoms with Crippen molar-refractivity contribution in [2.45, 2.75) is 36.1 Å². The Kier molecular flexibility index (Phi) is 4.09. The molecule has 2 rings (SSSR count). The van der Waals surface area contributed by atoms with Gasteiger partial charge in [-0.25, -0.2) is 9.97 Å². The molecular formula is C15H18N4S. The van der Waals surface area contributed by atoms with Crippen molar-refractivity contribution in [3.8, 4) is 0 Å². The summed E-state index contributed by atoms with van der Waals surface area (Å²) in [5.74, 6) is -0.0661. The smallest absolute Gasteiger partial charge is 0.143 e. The minimum atomic E-state index is -0.0661. The van der Waals surface area contributed by atoms with E-state index in [9.17, 15) is 0 Å². The van der Waals surface area contributed by atoms with Crippen molar-refractivity contribution >= 4 is 17.6 Å². The molecule has 0 saturated heterocycles. The summed E-state index contributed by atoms with van der Waals surface area (Å²) < 4.78 is 0. The van der Waals surface area contributed by atoms with Crippen molar-refractivity contribution in [3.05, 3.63) is 47.9 Å². The molecule has 4 nitrogen and oxygen atoms in total. The molecule has 0 aliphatic heterocycles. The number of aromatic nitrogens is 2. The van der Waals surface area contributed by atoms with Gasteiger partial charge in [-0.1, -0.05) is 44.7 Å². The Balaban J connectivity index is 2.12. The van der Waals surface area contributed by atoms with Gasteiger partial charge >= 0.3 is 0 Å². The minimum absolute atomic E-state index is 0.0661. The predicted molar refractivity (Wildman–Crippen MR) is 82.3 cm³/mol. The van der Waals surface area contributed by atoms with Crippen LogP contribution in [0.3, 0.4) is 0 Å². The lowest BCUT2D eigenvalue weighted by atomic mass is 9.87. The van der Waals surface area contributed by atoms with Crippen LogP contribution in [0.25, 0.3) is 0 Å². The Morgan fingerprint density at radius 1 is 1.10 bits per heavy atom. The Bertz CT molecular complexity index is 597. The average molecular weight is 286 g/mol. The number of nitrogens with zero attached hydrogens (tertiary/aromatic N) is 2. The maximum atomic E-state index is 7.28. The third-order valence-electron chi connectivity index (χ3n) is 2.85. The van der Waals surface area contributed by atoms with Crippen LogP contribution in [-0.2, 0) is 5.41 Å². The number of hydrogen-bond donors (Lipinski definition) is 2. The molecule has 0 bridgehead atoms.